The Balaban J connectivity index is 1.35. The number of imidazole rings is 1. The number of nitrogens with one attached hydrogen (secondary N) is 1. The van der Waals surface area contributed by atoms with Crippen molar-refractivity contribution in [3.8, 4) is 5.82 Å². The molecule has 162 valence electrons. The normalized spacial score (nSPS) is 25.2. The van der Waals surface area contributed by atoms with Crippen LogP contribution < -0.4 is 5.32 Å². The quantitative estimate of drug-likeness (QED) is 0.749. The van der Waals surface area contributed by atoms with Gasteiger partial charge in [0, 0.05) is 37.7 Å². The maximum Gasteiger partial charge on any atom is 0.253 e. The van der Waals surface area contributed by atoms with Gasteiger partial charge in [-0.2, -0.15) is 0 Å². The summed E-state index contributed by atoms with van der Waals surface area (Å²) in [5.41, 5.74) is 0.629. The van der Waals surface area contributed by atoms with Crippen LogP contribution in [-0.2, 0) is 0 Å². The lowest BCUT2D eigenvalue weighted by molar-refractivity contribution is 0.0853. The van der Waals surface area contributed by atoms with Gasteiger partial charge < -0.3 is 10.2 Å². The van der Waals surface area contributed by atoms with Gasteiger partial charge in [-0.3, -0.25) is 9.36 Å². The van der Waals surface area contributed by atoms with Crippen LogP contribution in [0.4, 0.5) is 0 Å². The summed E-state index contributed by atoms with van der Waals surface area (Å²) in [6.07, 6.45) is 17.1. The number of carbonyl (C=O) groups is 1. The summed E-state index contributed by atoms with van der Waals surface area (Å²) < 4.78 is 1.84. The van der Waals surface area contributed by atoms with Crippen molar-refractivity contribution >= 4 is 5.91 Å². The molecule has 30 heavy (non-hydrogen) atoms. The number of hydrogen-bond donors (Lipinski definition) is 1. The first kappa shape index (κ1) is 21.0. The molecule has 0 aromatic carbocycles. The second-order valence-electron chi connectivity index (χ2n) is 9.06. The number of hydrogen-bond acceptors (Lipinski definition) is 4. The fraction of sp³-hybridized carbons (Fsp3) is 0.625. The van der Waals surface area contributed by atoms with E-state index in [0.717, 1.165) is 24.7 Å². The molecule has 1 amide bonds. The zero-order valence-corrected chi connectivity index (χ0v) is 18.2. The largest absolute Gasteiger partial charge is 0.349 e. The molecule has 1 aliphatic heterocycles. The molecule has 0 bridgehead atoms. The van der Waals surface area contributed by atoms with Gasteiger partial charge in [-0.15, -0.1) is 0 Å². The van der Waals surface area contributed by atoms with Crippen molar-refractivity contribution in [2.75, 3.05) is 19.6 Å². The molecule has 1 aliphatic carbocycles. The summed E-state index contributed by atoms with van der Waals surface area (Å²) in [5.74, 6) is 2.19. The van der Waals surface area contributed by atoms with Gasteiger partial charge in [-0.05, 0) is 62.6 Å². The third kappa shape index (κ3) is 5.28. The third-order valence-electron chi connectivity index (χ3n) is 6.80. The van der Waals surface area contributed by atoms with Gasteiger partial charge >= 0.3 is 0 Å². The molecular formula is C24H35N5O. The molecule has 1 N–H and O–H groups in total. The Hall–Kier alpha value is -2.21. The molecule has 3 atom stereocenters. The van der Waals surface area contributed by atoms with Crippen molar-refractivity contribution in [1.82, 2.24) is 24.8 Å². The number of likely N-dealkylation sites (tertiary alicyclic amines) is 1. The van der Waals surface area contributed by atoms with Crippen LogP contribution in [0, 0.1) is 11.8 Å². The molecule has 6 nitrogen and oxygen atoms in total. The monoisotopic (exact) mass is 409 g/mol. The fourth-order valence-corrected chi connectivity index (χ4v) is 5.23. The number of carbonyl (C=O) groups excluding carboxylic acids is 1. The highest BCUT2D eigenvalue weighted by Crippen LogP contribution is 2.28. The number of amides is 1. The lowest BCUT2D eigenvalue weighted by Gasteiger charge is -2.39. The van der Waals surface area contributed by atoms with Crippen LogP contribution in [0.15, 0.2) is 37.1 Å². The van der Waals surface area contributed by atoms with Gasteiger partial charge in [-0.1, -0.05) is 26.2 Å². The van der Waals surface area contributed by atoms with Crippen LogP contribution in [0.3, 0.4) is 0 Å². The van der Waals surface area contributed by atoms with Gasteiger partial charge in [0.05, 0.1) is 5.56 Å². The minimum absolute atomic E-state index is 0.000847. The van der Waals surface area contributed by atoms with E-state index in [2.05, 4.69) is 27.1 Å². The number of piperidine rings is 1. The summed E-state index contributed by atoms with van der Waals surface area (Å²) >= 11 is 0. The number of rotatable bonds is 7. The number of pyridine rings is 1. The number of nitrogens with zero attached hydrogens (tertiary/aromatic N) is 4. The molecular weight excluding hydrogens is 374 g/mol. The van der Waals surface area contributed by atoms with E-state index in [4.69, 9.17) is 0 Å². The first-order valence-electron chi connectivity index (χ1n) is 11.7. The lowest BCUT2D eigenvalue weighted by atomic mass is 9.83. The first-order chi connectivity index (χ1) is 14.7. The Morgan fingerprint density at radius 2 is 2.10 bits per heavy atom. The van der Waals surface area contributed by atoms with E-state index in [1.165, 1.54) is 58.0 Å². The van der Waals surface area contributed by atoms with Crippen LogP contribution in [0.25, 0.3) is 5.82 Å². The molecule has 1 saturated carbocycles. The van der Waals surface area contributed by atoms with E-state index in [9.17, 15) is 4.79 Å². The van der Waals surface area contributed by atoms with Gasteiger partial charge in [0.2, 0.25) is 0 Å². The molecule has 3 heterocycles. The average Bonchev–Trinajstić information content (AvgIpc) is 3.31. The van der Waals surface area contributed by atoms with Crippen molar-refractivity contribution in [3.63, 3.8) is 0 Å². The van der Waals surface area contributed by atoms with Crippen LogP contribution in [-0.4, -0.2) is 51.0 Å². The van der Waals surface area contributed by atoms with Gasteiger partial charge in [0.25, 0.3) is 5.91 Å². The summed E-state index contributed by atoms with van der Waals surface area (Å²) in [7, 11) is 0. The summed E-state index contributed by atoms with van der Waals surface area (Å²) in [6.45, 7) is 5.88. The van der Waals surface area contributed by atoms with E-state index in [-0.39, 0.29) is 11.9 Å². The minimum atomic E-state index is -0.000847. The Morgan fingerprint density at radius 3 is 2.87 bits per heavy atom. The highest BCUT2D eigenvalue weighted by Gasteiger charge is 2.30. The molecule has 2 aliphatic rings. The molecule has 4 rings (SSSR count). The SMILES string of the molecule is CCCC1CCCN(C[C@@H]2CCCC[C@H]2NC(=O)c2ccc(-n3ccnc3)nc2)C1. The maximum atomic E-state index is 12.9. The molecule has 0 spiro atoms. The van der Waals surface area contributed by atoms with E-state index >= 15 is 0 Å². The predicted molar refractivity (Wildman–Crippen MR) is 119 cm³/mol. The lowest BCUT2D eigenvalue weighted by Crippen LogP contribution is -2.48. The van der Waals surface area contributed by atoms with E-state index in [0.29, 0.717) is 11.5 Å². The molecule has 6 heteroatoms. The van der Waals surface area contributed by atoms with Crippen LogP contribution in [0.5, 0.6) is 0 Å². The number of aromatic nitrogens is 3. The highest BCUT2D eigenvalue weighted by atomic mass is 16.1. The minimum Gasteiger partial charge on any atom is -0.349 e. The average molecular weight is 410 g/mol. The molecule has 1 saturated heterocycles. The Morgan fingerprint density at radius 1 is 1.20 bits per heavy atom. The zero-order valence-electron chi connectivity index (χ0n) is 18.2. The molecule has 0 radical (unpaired) electrons. The molecule has 1 unspecified atom stereocenters. The summed E-state index contributed by atoms with van der Waals surface area (Å²) in [4.78, 5) is 24.0. The van der Waals surface area contributed by atoms with Crippen LogP contribution in [0.1, 0.15) is 68.6 Å². The predicted octanol–water partition coefficient (Wildman–Crippen LogP) is 4.07. The van der Waals surface area contributed by atoms with Crippen molar-refractivity contribution in [2.45, 2.75) is 64.3 Å². The molecule has 2 fully saturated rings. The maximum absolute atomic E-state index is 12.9. The summed E-state index contributed by atoms with van der Waals surface area (Å²) in [6, 6.07) is 4.00. The highest BCUT2D eigenvalue weighted by molar-refractivity contribution is 5.94. The Kier molecular flexibility index (Phi) is 7.16. The zero-order chi connectivity index (χ0) is 20.8. The van der Waals surface area contributed by atoms with Gasteiger partial charge in [-0.25, -0.2) is 9.97 Å². The molecule has 2 aromatic heterocycles. The second kappa shape index (κ2) is 10.2. The topological polar surface area (TPSA) is 63.1 Å². The van der Waals surface area contributed by atoms with Crippen molar-refractivity contribution < 1.29 is 4.79 Å². The standard InChI is InChI=1S/C24H35N5O/c1-2-6-19-7-5-13-28(16-19)17-21-8-3-4-9-22(21)27-24(30)20-10-11-23(26-15-20)29-14-12-25-18-29/h10-12,14-15,18-19,21-22H,2-9,13,16-17H2,1H3,(H,27,30)/t19?,21-,22+/m0/s1. The van der Waals surface area contributed by atoms with E-state index in [1.54, 1.807) is 18.7 Å². The molecule has 2 aromatic rings. The van der Waals surface area contributed by atoms with Crippen molar-refractivity contribution in [1.29, 1.82) is 0 Å². The van der Waals surface area contributed by atoms with E-state index in [1.807, 2.05) is 22.9 Å². The van der Waals surface area contributed by atoms with Crippen LogP contribution >= 0.6 is 0 Å². The van der Waals surface area contributed by atoms with Crippen molar-refractivity contribution in [2.24, 2.45) is 11.8 Å². The fourth-order valence-electron chi connectivity index (χ4n) is 5.23. The second-order valence-corrected chi connectivity index (χ2v) is 9.06. The smallest absolute Gasteiger partial charge is 0.253 e. The Labute approximate surface area is 180 Å². The third-order valence-corrected chi connectivity index (χ3v) is 6.80. The summed E-state index contributed by atoms with van der Waals surface area (Å²) in [5, 5.41) is 3.34. The van der Waals surface area contributed by atoms with Gasteiger partial charge in [0.1, 0.15) is 12.1 Å². The van der Waals surface area contributed by atoms with E-state index < -0.39 is 0 Å². The Bertz CT molecular complexity index is 786. The first-order valence-corrected chi connectivity index (χ1v) is 11.7. The van der Waals surface area contributed by atoms with Crippen molar-refractivity contribution in [3.05, 3.63) is 42.6 Å². The van der Waals surface area contributed by atoms with Crippen LogP contribution in [0.2, 0.25) is 0 Å². The van der Waals surface area contributed by atoms with Gasteiger partial charge in [0.15, 0.2) is 0 Å².